The maximum atomic E-state index is 15.1. The number of hydrogen-bond donors (Lipinski definition) is 4. The summed E-state index contributed by atoms with van der Waals surface area (Å²) in [4.78, 5) is 117. The molecule has 0 radical (unpaired) electrons. The number of anilines is 4. The third-order valence-electron chi connectivity index (χ3n) is 17.8. The van der Waals surface area contributed by atoms with Crippen LogP contribution in [0.4, 0.5) is 115 Å². The molecule has 0 aliphatic rings. The average molecular weight is 2060 g/mol. The van der Waals surface area contributed by atoms with Gasteiger partial charge in [0.25, 0.3) is 23.6 Å². The van der Waals surface area contributed by atoms with Crippen molar-refractivity contribution in [3.63, 3.8) is 0 Å². The minimum Gasteiger partial charge on any atom is -0.493 e. The van der Waals surface area contributed by atoms with Crippen molar-refractivity contribution in [2.45, 2.75) is 72.4 Å². The van der Waals surface area contributed by atoms with Gasteiger partial charge < -0.3 is 82.8 Å². The Hall–Kier alpha value is -16.9. The van der Waals surface area contributed by atoms with E-state index in [-0.39, 0.29) is 108 Å². The van der Waals surface area contributed by atoms with Gasteiger partial charge in [0.1, 0.15) is 109 Å². The average Bonchev–Trinajstić information content (AvgIpc) is 0.772. The summed E-state index contributed by atoms with van der Waals surface area (Å²) in [7, 11) is 1.09. The van der Waals surface area contributed by atoms with Crippen LogP contribution in [0.1, 0.15) is 132 Å². The first-order chi connectivity index (χ1) is 68.0. The van der Waals surface area contributed by atoms with Crippen LogP contribution in [0.2, 0.25) is 5.02 Å². The molecule has 4 amide bonds. The molecule has 0 bridgehead atoms. The van der Waals surface area contributed by atoms with Gasteiger partial charge in [-0.25, -0.2) is 28.1 Å². The molecule has 30 nitrogen and oxygen atoms in total. The number of ether oxygens (including phenoxy) is 13. The van der Waals surface area contributed by atoms with Gasteiger partial charge in [0.15, 0.2) is 92.1 Å². The topological polar surface area (TPSA) is 369 Å². The first-order valence-electron chi connectivity index (χ1n) is 40.6. The van der Waals surface area contributed by atoms with Gasteiger partial charge in [0.05, 0.1) is 51.3 Å². The lowest BCUT2D eigenvalue weighted by atomic mass is 10.1. The van der Waals surface area contributed by atoms with Crippen LogP contribution in [0.15, 0.2) is 188 Å². The minimum atomic E-state index is -5.18. The third kappa shape index (κ3) is 30.8. The van der Waals surface area contributed by atoms with E-state index in [1.165, 1.54) is 127 Å². The highest BCUT2D eigenvalue weighted by molar-refractivity contribution is 6.31. The van der Waals surface area contributed by atoms with Gasteiger partial charge in [-0.3, -0.25) is 48.3 Å². The van der Waals surface area contributed by atoms with Crippen molar-refractivity contribution in [3.8, 4) is 97.7 Å². The molecule has 5 heterocycles. The van der Waals surface area contributed by atoms with E-state index in [2.05, 4.69) is 65.1 Å². The zero-order chi connectivity index (χ0) is 108. The smallest absolute Gasteiger partial charge is 0.493 e. The zero-order valence-electron chi connectivity index (χ0n) is 76.5. The molecule has 5 aromatic heterocycles. The summed E-state index contributed by atoms with van der Waals surface area (Å²) in [6, 6.07) is 29.1. The fourth-order valence-corrected chi connectivity index (χ4v) is 11.9. The monoisotopic (exact) mass is 2060 g/mol. The van der Waals surface area contributed by atoms with Gasteiger partial charge in [-0.2, -0.15) is 26.3 Å². The maximum Gasteiger partial charge on any atom is 0.573 e. The lowest BCUT2D eigenvalue weighted by Gasteiger charge is -2.19. The van der Waals surface area contributed by atoms with E-state index in [0.29, 0.717) is 24.4 Å². The van der Waals surface area contributed by atoms with Crippen LogP contribution in [0, 0.1) is 24.4 Å². The molecule has 0 fully saturated rings. The number of aromatic nitrogens is 5. The highest BCUT2D eigenvalue weighted by atomic mass is 35.5. The van der Waals surface area contributed by atoms with E-state index in [9.17, 15) is 122 Å². The molecule has 0 saturated carbocycles. The number of halogens is 22. The molecule has 0 saturated heterocycles. The number of nitrogens with one attached hydrogen (secondary N) is 4. The second-order valence-electron chi connectivity index (χ2n) is 28.0. The Morgan fingerprint density at radius 3 is 1.06 bits per heavy atom. The number of methoxy groups -OCH3 is 5. The Morgan fingerprint density at radius 1 is 0.343 bits per heavy atom. The van der Waals surface area contributed by atoms with E-state index in [0.717, 1.165) is 100 Å². The minimum absolute atomic E-state index is 0.0137. The molecule has 0 atom stereocenters. The SMILES string of the molecule is COc1cc(OC(F)(F)F)ccc1Oc1cc(Cl)cc(F)c1C(=O)Nc1ccnc(C(C)=O)c1.COc1cc(OC(F)(F)F)ccc1Oc1ccc(C(F)(F)F)c(F)c1C(=O)Nc1cccc(C(C)=O)n1.COc1cc(OC(F)(F)F)ccc1Oc1cnc(C(F)(F)F)c(OC)c1C(=O)Nc1ccnc(C(C)=O)c1.[2H]C([2H])([2H])Oc1cc(OC(F)(F)F)ccc1Oc1ccc(C)c(F)c1C(=O)Nc1cccc(C(C)=O)n1. The van der Waals surface area contributed by atoms with Crippen LogP contribution in [-0.4, -0.2) is 133 Å². The number of ketones is 4. The summed E-state index contributed by atoms with van der Waals surface area (Å²) in [6.07, 6.45) is -27.2. The number of pyridine rings is 5. The lowest BCUT2D eigenvalue weighted by molar-refractivity contribution is -0.275. The number of Topliss-reactive ketones (excluding diaryl/α,β-unsaturated/α-hetero) is 4. The summed E-state index contributed by atoms with van der Waals surface area (Å²) < 4.78 is 360. The molecule has 0 unspecified atom stereocenters. The first kappa shape index (κ1) is 105. The summed E-state index contributed by atoms with van der Waals surface area (Å²) in [6.45, 7) is 6.34. The van der Waals surface area contributed by atoms with E-state index < -0.39 is 188 Å². The molecule has 0 aliphatic carbocycles. The molecule has 4 N–H and O–H groups in total. The van der Waals surface area contributed by atoms with E-state index in [4.69, 9.17) is 58.3 Å². The number of rotatable bonds is 29. The summed E-state index contributed by atoms with van der Waals surface area (Å²) in [5.41, 5.74) is -6.19. The standard InChI is InChI=1S/C23H15F7N2O5.C23H17F6N3O6.C23H18F4N2O5.C22H15ClF4N2O5/c1-11(33)14-4-3-5-18(31-14)32-21(34)19-16(9-7-13(20(19)24)22(25,26)27)36-15-8-6-12(10-17(15)35-2)37-23(28,29)30;1-11(33)14-8-12(6-7-30-14)32-21(34)18-17(10-31-20(19(18)36-3)22(24,25)26)37-15-5-4-13(9-16(15)35-2)38-23(27,28)29;1-12-7-9-17(33-16-10-8-14(11-18(16)32-3)34-23(25,26)27)20(21(12)24)22(31)29-19-6-4-5-15(28-19)13(2)30;1-11(30)16-9-13(5-6-28-16)29-21(31)20-15(24)7-12(23)8-19(20)33-17-4-3-14(10-18(17)32-2)34-22(25,26)27/h3-10H,1-2H3,(H,31,32,34);4-10H,1-3H3,(H,30,32,34);4-11H,1-3H3,(H,28,29,31);3-10H,1-2H3,(H,28,29,31)/i;;3D3;. The molecule has 12 aromatic rings. The van der Waals surface area contributed by atoms with Gasteiger partial charge in [-0.1, -0.05) is 29.8 Å². The molecule has 0 spiro atoms. The molecular weight excluding hydrogens is 1990 g/mol. The van der Waals surface area contributed by atoms with Crippen LogP contribution in [0.3, 0.4) is 0 Å². The Balaban J connectivity index is 0.000000217. The number of aryl methyl sites for hydroxylation is 1. The fraction of sp³-hybridized carbons (Fsp3) is 0.176. The van der Waals surface area contributed by atoms with E-state index in [1.807, 2.05) is 0 Å². The van der Waals surface area contributed by atoms with Crippen molar-refractivity contribution in [1.29, 1.82) is 0 Å². The fourth-order valence-electron chi connectivity index (χ4n) is 11.7. The van der Waals surface area contributed by atoms with Crippen LogP contribution in [0.5, 0.6) is 97.7 Å². The largest absolute Gasteiger partial charge is 0.573 e. The number of nitrogens with zero attached hydrogens (tertiary/aromatic N) is 5. The van der Waals surface area contributed by atoms with Gasteiger partial charge >= 0.3 is 37.8 Å². The van der Waals surface area contributed by atoms with Crippen molar-refractivity contribution in [3.05, 3.63) is 273 Å². The molecule has 12 rings (SSSR count). The van der Waals surface area contributed by atoms with Crippen LogP contribution in [0.25, 0.3) is 0 Å². The second kappa shape index (κ2) is 46.2. The number of alkyl halides is 18. The van der Waals surface area contributed by atoms with Crippen molar-refractivity contribution in [1.82, 2.24) is 24.9 Å². The highest BCUT2D eigenvalue weighted by Gasteiger charge is 2.43. The molecule has 7 aromatic carbocycles. The van der Waals surface area contributed by atoms with E-state index in [1.54, 1.807) is 0 Å². The molecule has 143 heavy (non-hydrogen) atoms. The molecule has 754 valence electrons. The van der Waals surface area contributed by atoms with Gasteiger partial charge in [-0.15, -0.1) is 52.7 Å². The highest BCUT2D eigenvalue weighted by Crippen LogP contribution is 2.48. The Labute approximate surface area is 799 Å². The van der Waals surface area contributed by atoms with Gasteiger partial charge in [0, 0.05) is 86.8 Å². The summed E-state index contributed by atoms with van der Waals surface area (Å²) in [5, 5.41) is 9.10. The van der Waals surface area contributed by atoms with Crippen LogP contribution >= 0.6 is 11.6 Å². The summed E-state index contributed by atoms with van der Waals surface area (Å²) >= 11 is 5.91. The Bertz CT molecular complexity index is 6920. The number of amides is 4. The van der Waals surface area contributed by atoms with Gasteiger partial charge in [0.2, 0.25) is 0 Å². The maximum absolute atomic E-state index is 15.1. The Kier molecular flexibility index (Phi) is 33.9. The van der Waals surface area contributed by atoms with Crippen LogP contribution < -0.4 is 82.8 Å². The predicted molar refractivity (Wildman–Crippen MR) is 458 cm³/mol. The van der Waals surface area contributed by atoms with Crippen molar-refractivity contribution in [2.75, 3.05) is 56.7 Å². The normalized spacial score (nSPS) is 11.7. The van der Waals surface area contributed by atoms with Crippen LogP contribution in [-0.2, 0) is 12.4 Å². The summed E-state index contributed by atoms with van der Waals surface area (Å²) in [5.74, 6) is -19.1. The van der Waals surface area contributed by atoms with E-state index >= 15 is 8.78 Å². The van der Waals surface area contributed by atoms with Crippen molar-refractivity contribution in [2.24, 2.45) is 0 Å². The number of carbonyl (C=O) groups is 8. The third-order valence-corrected chi connectivity index (χ3v) is 18.0. The molecular formula is C91H65ClF21N9O21. The number of carbonyl (C=O) groups excluding carboxylic acids is 8. The number of benzene rings is 7. The van der Waals surface area contributed by atoms with Gasteiger partial charge in [-0.05, 0) is 134 Å². The first-order valence-corrected chi connectivity index (χ1v) is 39.5. The Morgan fingerprint density at radius 2 is 0.699 bits per heavy atom. The van der Waals surface area contributed by atoms with Crippen molar-refractivity contribution >= 4 is 81.4 Å². The zero-order valence-corrected chi connectivity index (χ0v) is 74.3. The predicted octanol–water partition coefficient (Wildman–Crippen LogP) is 23.8. The lowest BCUT2D eigenvalue weighted by Crippen LogP contribution is -2.19. The van der Waals surface area contributed by atoms with Crippen molar-refractivity contribution < 1.29 is 196 Å². The second-order valence-corrected chi connectivity index (χ2v) is 28.4. The number of hydrogen-bond acceptors (Lipinski definition) is 26. The molecule has 52 heteroatoms. The quantitative estimate of drug-likeness (QED) is 0.0250. The molecule has 0 aliphatic heterocycles.